The number of phenolic OH excluding ortho intramolecular Hbond substituents is 1. The van der Waals surface area contributed by atoms with E-state index in [0.717, 1.165) is 36.5 Å². The van der Waals surface area contributed by atoms with E-state index in [1.54, 1.807) is 41.9 Å². The molecule has 8 rings (SSSR count). The van der Waals surface area contributed by atoms with Crippen molar-refractivity contribution in [2.45, 2.75) is 215 Å². The summed E-state index contributed by atoms with van der Waals surface area (Å²) < 4.78 is 0.827. The lowest BCUT2D eigenvalue weighted by Gasteiger charge is -2.36. The van der Waals surface area contributed by atoms with E-state index in [9.17, 15) is 68.1 Å². The number of benzene rings is 3. The zero-order valence-corrected chi connectivity index (χ0v) is 73.5. The van der Waals surface area contributed by atoms with Crippen molar-refractivity contribution in [1.82, 2.24) is 77.3 Å². The van der Waals surface area contributed by atoms with Gasteiger partial charge in [0.15, 0.2) is 5.78 Å². The van der Waals surface area contributed by atoms with Crippen molar-refractivity contribution in [2.24, 2.45) is 28.9 Å². The summed E-state index contributed by atoms with van der Waals surface area (Å²) in [4.78, 5) is 254. The highest BCUT2D eigenvalue weighted by Gasteiger charge is 2.46. The van der Waals surface area contributed by atoms with Crippen LogP contribution in [-0.4, -0.2) is 302 Å². The number of nitrogens with two attached hydrogens (primary N) is 4. The summed E-state index contributed by atoms with van der Waals surface area (Å²) in [6.45, 7) is 3.41. The molecule has 0 unspecified atom stereocenters. The minimum absolute atomic E-state index is 0.00507. The summed E-state index contributed by atoms with van der Waals surface area (Å²) in [6, 6.07) is 0.293. The number of thioether (sulfide) groups is 1. The first kappa shape index (κ1) is 99.8. The van der Waals surface area contributed by atoms with Crippen molar-refractivity contribution in [3.8, 4) is 5.75 Å². The van der Waals surface area contributed by atoms with Gasteiger partial charge in [0.25, 0.3) is 0 Å². The standard InChI is InChI=1S/C85H119N19O20S2/c1-8-10-22-64-79(118)94-57(21-16-30-86)76(115)99-63(75(114)91-40-71(89)110)44-125-45-72(111)93-58(32-48-26-28-52(106)29-27-48)82(121)100(5)47(4)73(112)95-60(37-70(88)109)84(123)103-31-17-24-65(103)80(119)97-61(38-87)77(116)92-46(3)81(120)104-41-53(107)36-67(104)68(108)35-49(33-50-39-90-56-20-14-12-18-54(50)56)74(113)98-62(42-105)78(117)96-59(34-51-43-126-69-25-15-13-19-55(51)69)83(122)102(7)66(23-11-9-2)85(124)101(64)6/h12-15,18-20,25-29,39,43,46-47,49,53,57-67,90,105-107H,8-11,16-17,21-24,30-38,40-42,44-45,86-87H2,1-7H3,(H2,88,109)(H2,89,110)(H,91,114)(H,92,116)(H,93,111)(H,94,118)(H,95,112)(H,96,117)(H,97,119)(H,98,113)(H,99,115)/t46-,47-,49+,53+,57-,58-,59-,60-,61-,62-,63-,64-,65-,66-,67-/m0/s1. The Bertz CT molecular complexity index is 4740. The number of carbonyl (C=O) groups is 17. The Morgan fingerprint density at radius 3 is 1.85 bits per heavy atom. The second-order valence-corrected chi connectivity index (χ2v) is 34.1. The topological polar surface area (TPSA) is 595 Å². The molecule has 0 aliphatic carbocycles. The number of aromatic nitrogens is 1. The molecule has 3 saturated heterocycles. The number of rotatable bonds is 22. The van der Waals surface area contributed by atoms with Gasteiger partial charge in [-0.2, -0.15) is 0 Å². The van der Waals surface area contributed by atoms with Crippen LogP contribution in [0.2, 0.25) is 0 Å². The number of carbonyl (C=O) groups excluding carboxylic acids is 17. The van der Waals surface area contributed by atoms with Gasteiger partial charge in [-0.1, -0.05) is 88.1 Å². The highest BCUT2D eigenvalue weighted by atomic mass is 32.2. The van der Waals surface area contributed by atoms with Crippen molar-refractivity contribution >= 4 is 144 Å². The van der Waals surface area contributed by atoms with E-state index in [2.05, 4.69) is 52.8 Å². The van der Waals surface area contributed by atoms with Gasteiger partial charge in [-0.3, -0.25) is 81.5 Å². The van der Waals surface area contributed by atoms with Crippen molar-refractivity contribution < 1.29 is 96.8 Å². The second kappa shape index (κ2) is 47.6. The predicted octanol–water partition coefficient (Wildman–Crippen LogP) is -2.66. The highest BCUT2D eigenvalue weighted by molar-refractivity contribution is 8.00. The minimum atomic E-state index is -1.82. The first-order valence-electron chi connectivity index (χ1n) is 42.3. The SMILES string of the molecule is CCCC[C@H]1C(=O)N(C)[C@@H](CCCC)C(=O)N[C@@H](CCCN)C(=O)N[C@H](C(=O)NCC(N)=O)CSCC(=O)N[C@@H](Cc2ccc(O)cc2)C(=O)N(C)[C@@H](C)C(=O)N[C@@H](CC(N)=O)C(=O)N2CCC[C@H]2C(=O)N[C@@H](CN)C(=O)N[C@@H](C)C(=O)N2C[C@H](O)C[C@H]2C(=O)C[C@@H](Cc2c[nH]c3ccccc23)C(=O)N[C@@H](CO)C(=O)N[C@@H](Cc2csc3ccccc23)C(=O)N1C. The number of nitrogens with one attached hydrogen (secondary N) is 10. The number of phenols is 1. The molecule has 3 aliphatic rings. The minimum Gasteiger partial charge on any atom is -0.508 e. The molecule has 16 amide bonds. The van der Waals surface area contributed by atoms with Crippen molar-refractivity contribution in [1.29, 1.82) is 0 Å². The van der Waals surface area contributed by atoms with Gasteiger partial charge in [-0.05, 0) is 117 Å². The Morgan fingerprint density at radius 1 is 0.571 bits per heavy atom. The van der Waals surface area contributed by atoms with Crippen LogP contribution in [0, 0.1) is 5.92 Å². The predicted molar refractivity (Wildman–Crippen MR) is 467 cm³/mol. The molecule has 41 heteroatoms. The lowest BCUT2D eigenvalue weighted by Crippen LogP contribution is -2.61. The molecule has 2 aromatic heterocycles. The van der Waals surface area contributed by atoms with Crippen LogP contribution >= 0.6 is 23.1 Å². The van der Waals surface area contributed by atoms with Crippen LogP contribution in [0.1, 0.15) is 128 Å². The summed E-state index contributed by atoms with van der Waals surface area (Å²) in [5.74, 6) is -17.9. The molecule has 0 bridgehead atoms. The van der Waals surface area contributed by atoms with Crippen molar-refractivity contribution in [2.75, 3.05) is 72.0 Å². The van der Waals surface area contributed by atoms with Crippen LogP contribution in [0.4, 0.5) is 0 Å². The van der Waals surface area contributed by atoms with Crippen LogP contribution < -0.4 is 70.8 Å². The van der Waals surface area contributed by atoms with Crippen LogP contribution in [0.25, 0.3) is 21.0 Å². The number of ketones is 1. The number of Topliss-reactive ketones (excluding diaryl/α,β-unsaturated/α-hetero) is 1. The van der Waals surface area contributed by atoms with Crippen LogP contribution in [-0.2, 0) is 101 Å². The number of H-pyrrole nitrogens is 1. The molecule has 39 nitrogen and oxygen atoms in total. The number of aromatic amines is 1. The van der Waals surface area contributed by atoms with Gasteiger partial charge in [0.1, 0.15) is 78.3 Å². The third-order valence-corrected chi connectivity index (χ3v) is 24.9. The van der Waals surface area contributed by atoms with Crippen LogP contribution in [0.3, 0.4) is 0 Å². The van der Waals surface area contributed by atoms with E-state index in [1.165, 1.54) is 80.4 Å². The fourth-order valence-electron chi connectivity index (χ4n) is 15.6. The van der Waals surface area contributed by atoms with E-state index in [4.69, 9.17) is 22.9 Å². The Hall–Kier alpha value is -11.7. The summed E-state index contributed by atoms with van der Waals surface area (Å²) in [5, 5.41) is 59.0. The number of fused-ring (bicyclic) bond motifs is 4. The van der Waals surface area contributed by atoms with Crippen LogP contribution in [0.15, 0.2) is 84.4 Å². The van der Waals surface area contributed by atoms with Gasteiger partial charge in [0.05, 0.1) is 37.5 Å². The number of para-hydroxylation sites is 1. The smallest absolute Gasteiger partial charge is 0.246 e. The molecule has 3 aromatic carbocycles. The third kappa shape index (κ3) is 26.9. The van der Waals surface area contributed by atoms with Gasteiger partial charge < -0.3 is 116 Å². The Labute approximate surface area is 737 Å². The van der Waals surface area contributed by atoms with Gasteiger partial charge in [0, 0.05) is 99.9 Å². The number of amides is 16. The van der Waals surface area contributed by atoms with Gasteiger partial charge in [-0.25, -0.2) is 0 Å². The number of nitrogens with zero attached hydrogens (tertiary/aromatic N) is 5. The first-order valence-corrected chi connectivity index (χ1v) is 44.3. The van der Waals surface area contributed by atoms with E-state index in [-0.39, 0.29) is 83.0 Å². The largest absolute Gasteiger partial charge is 0.508 e. The molecule has 686 valence electrons. The number of likely N-dealkylation sites (N-methyl/N-ethyl adjacent to an activating group) is 3. The maximum absolute atomic E-state index is 15.6. The normalized spacial score (nSPS) is 25.8. The van der Waals surface area contributed by atoms with Gasteiger partial charge in [-0.15, -0.1) is 23.1 Å². The van der Waals surface area contributed by atoms with E-state index in [1.807, 2.05) is 32.0 Å². The number of hydrogen-bond donors (Lipinski definition) is 17. The Kier molecular flexibility index (Phi) is 37.7. The van der Waals surface area contributed by atoms with Crippen molar-refractivity contribution in [3.63, 3.8) is 0 Å². The van der Waals surface area contributed by atoms with Crippen molar-refractivity contribution in [3.05, 3.63) is 101 Å². The highest BCUT2D eigenvalue weighted by Crippen LogP contribution is 2.31. The number of primary amides is 2. The molecule has 5 aromatic rings. The maximum atomic E-state index is 15.6. The fourth-order valence-corrected chi connectivity index (χ4v) is 17.4. The number of thiophene rings is 1. The molecule has 21 N–H and O–H groups in total. The summed E-state index contributed by atoms with van der Waals surface area (Å²) >= 11 is 2.14. The van der Waals surface area contributed by atoms with E-state index < -0.39 is 241 Å². The lowest BCUT2D eigenvalue weighted by molar-refractivity contribution is -0.149. The third-order valence-electron chi connectivity index (χ3n) is 22.9. The number of aliphatic hydroxyl groups is 2. The fraction of sp³-hybridized carbons (Fsp3) is 0.541. The lowest BCUT2D eigenvalue weighted by atomic mass is 9.90. The van der Waals surface area contributed by atoms with Crippen LogP contribution in [0.5, 0.6) is 5.75 Å². The average Bonchev–Trinajstić information content (AvgIpc) is 1.55. The number of aliphatic hydroxyl groups excluding tert-OH is 2. The molecule has 3 fully saturated rings. The van der Waals surface area contributed by atoms with E-state index >= 15 is 28.8 Å². The molecule has 0 saturated carbocycles. The van der Waals surface area contributed by atoms with E-state index in [0.29, 0.717) is 53.3 Å². The second-order valence-electron chi connectivity index (χ2n) is 32.1. The zero-order chi connectivity index (χ0) is 92.3. The molecular formula is C85H119N19O20S2. The van der Waals surface area contributed by atoms with Gasteiger partial charge >= 0.3 is 0 Å². The average molecular weight is 1790 g/mol. The summed E-state index contributed by atoms with van der Waals surface area (Å²) in [5.41, 5.74) is 25.4. The number of hydrogen-bond acceptors (Lipinski definition) is 24. The molecule has 5 heterocycles. The Morgan fingerprint density at radius 2 is 1.18 bits per heavy atom. The molecule has 126 heavy (non-hydrogen) atoms. The molecule has 0 spiro atoms. The molecule has 0 radical (unpaired) electrons. The zero-order valence-electron chi connectivity index (χ0n) is 71.9. The molecule has 3 aliphatic heterocycles. The first-order chi connectivity index (χ1) is 60.0. The quantitative estimate of drug-likeness (QED) is 0.0336. The molecule has 15 atom stereocenters. The monoisotopic (exact) mass is 1790 g/mol. The van der Waals surface area contributed by atoms with Gasteiger partial charge in [0.2, 0.25) is 94.5 Å². The number of aromatic hydroxyl groups is 1. The maximum Gasteiger partial charge on any atom is 0.246 e. The summed E-state index contributed by atoms with van der Waals surface area (Å²) in [6.07, 6.45) is -0.0987. The summed E-state index contributed by atoms with van der Waals surface area (Å²) in [7, 11) is 3.95. The number of unbranched alkanes of at least 4 members (excludes halogenated alkanes) is 2. The Balaban J connectivity index is 1.16. The molecular weight excluding hydrogens is 1670 g/mol.